The normalized spacial score (nSPS) is 9.73. The van der Waals surface area contributed by atoms with Gasteiger partial charge in [-0.05, 0) is 25.1 Å². The molecule has 0 unspecified atom stereocenters. The van der Waals surface area contributed by atoms with Crippen molar-refractivity contribution in [3.8, 4) is 0 Å². The molecular formula is C11H13ClN2O. The minimum absolute atomic E-state index is 0.216. The number of hydrogen-bond donors (Lipinski definition) is 2. The predicted octanol–water partition coefficient (Wildman–Crippen LogP) is 2.23. The second kappa shape index (κ2) is 4.84. The van der Waals surface area contributed by atoms with Crippen molar-refractivity contribution in [2.75, 3.05) is 12.3 Å². The van der Waals surface area contributed by atoms with Crippen molar-refractivity contribution in [1.29, 1.82) is 0 Å². The molecule has 0 saturated carbocycles. The van der Waals surface area contributed by atoms with Gasteiger partial charge in [0.05, 0.1) is 5.56 Å². The van der Waals surface area contributed by atoms with E-state index in [1.807, 2.05) is 6.92 Å². The highest BCUT2D eigenvalue weighted by Gasteiger charge is 2.08. The molecule has 0 radical (unpaired) electrons. The van der Waals surface area contributed by atoms with Crippen LogP contribution in [0.4, 0.5) is 5.69 Å². The molecule has 0 aliphatic carbocycles. The maximum absolute atomic E-state index is 11.6. The average Bonchev–Trinajstić information content (AvgIpc) is 2.14. The number of benzene rings is 1. The Labute approximate surface area is 93.9 Å². The van der Waals surface area contributed by atoms with E-state index in [2.05, 4.69) is 11.9 Å². The van der Waals surface area contributed by atoms with E-state index in [0.717, 1.165) is 5.57 Å². The Morgan fingerprint density at radius 3 is 2.80 bits per heavy atom. The summed E-state index contributed by atoms with van der Waals surface area (Å²) in [6.07, 6.45) is 0. The fourth-order valence-corrected chi connectivity index (χ4v) is 1.25. The molecule has 0 fully saturated rings. The molecule has 1 amide bonds. The quantitative estimate of drug-likeness (QED) is 0.611. The largest absolute Gasteiger partial charge is 0.398 e. The van der Waals surface area contributed by atoms with Gasteiger partial charge in [-0.3, -0.25) is 4.79 Å². The van der Waals surface area contributed by atoms with Crippen molar-refractivity contribution in [1.82, 2.24) is 5.32 Å². The number of nitrogens with two attached hydrogens (primary N) is 1. The maximum Gasteiger partial charge on any atom is 0.253 e. The van der Waals surface area contributed by atoms with Crippen LogP contribution in [0.5, 0.6) is 0 Å². The topological polar surface area (TPSA) is 55.1 Å². The fourth-order valence-electron chi connectivity index (χ4n) is 1.07. The highest BCUT2D eigenvalue weighted by molar-refractivity contribution is 6.31. The van der Waals surface area contributed by atoms with Gasteiger partial charge in [0.2, 0.25) is 0 Å². The smallest absolute Gasteiger partial charge is 0.253 e. The monoisotopic (exact) mass is 224 g/mol. The maximum atomic E-state index is 11.6. The van der Waals surface area contributed by atoms with Gasteiger partial charge in [-0.15, -0.1) is 0 Å². The number of halogens is 1. The lowest BCUT2D eigenvalue weighted by Crippen LogP contribution is -2.25. The average molecular weight is 225 g/mol. The van der Waals surface area contributed by atoms with E-state index in [1.165, 1.54) is 0 Å². The molecular weight excluding hydrogens is 212 g/mol. The van der Waals surface area contributed by atoms with Crippen molar-refractivity contribution >= 4 is 23.2 Å². The zero-order valence-electron chi connectivity index (χ0n) is 8.51. The van der Waals surface area contributed by atoms with Crippen LogP contribution in [0.25, 0.3) is 0 Å². The van der Waals surface area contributed by atoms with E-state index in [9.17, 15) is 4.79 Å². The first-order chi connectivity index (χ1) is 7.00. The SMILES string of the molecule is C=C(C)CNC(=O)c1ccc(Cl)cc1N. The van der Waals surface area contributed by atoms with Gasteiger partial charge in [0.1, 0.15) is 0 Å². The molecule has 15 heavy (non-hydrogen) atoms. The van der Waals surface area contributed by atoms with Crippen molar-refractivity contribution in [3.05, 3.63) is 40.9 Å². The highest BCUT2D eigenvalue weighted by Crippen LogP contribution is 2.17. The van der Waals surface area contributed by atoms with Crippen molar-refractivity contribution in [3.63, 3.8) is 0 Å². The zero-order valence-corrected chi connectivity index (χ0v) is 9.27. The molecule has 3 N–H and O–H groups in total. The summed E-state index contributed by atoms with van der Waals surface area (Å²) in [6, 6.07) is 4.79. The summed E-state index contributed by atoms with van der Waals surface area (Å²) >= 11 is 5.72. The van der Waals surface area contributed by atoms with E-state index in [4.69, 9.17) is 17.3 Å². The van der Waals surface area contributed by atoms with Crippen molar-refractivity contribution < 1.29 is 4.79 Å². The molecule has 1 aromatic carbocycles. The highest BCUT2D eigenvalue weighted by atomic mass is 35.5. The Morgan fingerprint density at radius 1 is 1.60 bits per heavy atom. The third-order valence-corrected chi connectivity index (χ3v) is 2.04. The van der Waals surface area contributed by atoms with Crippen LogP contribution in [0.1, 0.15) is 17.3 Å². The Kier molecular flexibility index (Phi) is 3.74. The molecule has 0 bridgehead atoms. The number of carbonyl (C=O) groups is 1. The van der Waals surface area contributed by atoms with Crippen LogP contribution in [0.2, 0.25) is 5.02 Å². The lowest BCUT2D eigenvalue weighted by atomic mass is 10.1. The molecule has 0 aliphatic heterocycles. The van der Waals surface area contributed by atoms with E-state index in [0.29, 0.717) is 22.8 Å². The fraction of sp³-hybridized carbons (Fsp3) is 0.182. The molecule has 4 heteroatoms. The van der Waals surface area contributed by atoms with Crippen molar-refractivity contribution in [2.24, 2.45) is 0 Å². The first kappa shape index (κ1) is 11.6. The minimum atomic E-state index is -0.216. The summed E-state index contributed by atoms with van der Waals surface area (Å²) in [5.41, 5.74) is 7.35. The summed E-state index contributed by atoms with van der Waals surface area (Å²) in [6.45, 7) is 5.97. The van der Waals surface area contributed by atoms with Gasteiger partial charge in [0.15, 0.2) is 0 Å². The molecule has 0 aliphatic rings. The van der Waals surface area contributed by atoms with Gasteiger partial charge >= 0.3 is 0 Å². The first-order valence-electron chi connectivity index (χ1n) is 4.48. The van der Waals surface area contributed by atoms with Crippen LogP contribution in [-0.2, 0) is 0 Å². The third kappa shape index (κ3) is 3.29. The first-order valence-corrected chi connectivity index (χ1v) is 4.86. The van der Waals surface area contributed by atoms with Gasteiger partial charge in [0.25, 0.3) is 5.91 Å². The number of rotatable bonds is 3. The molecule has 0 saturated heterocycles. The van der Waals surface area contributed by atoms with Gasteiger partial charge in [-0.2, -0.15) is 0 Å². The number of nitrogen functional groups attached to an aromatic ring is 1. The Bertz CT molecular complexity index is 402. The van der Waals surface area contributed by atoms with Gasteiger partial charge in [-0.1, -0.05) is 23.8 Å². The molecule has 1 rings (SSSR count). The van der Waals surface area contributed by atoms with Crippen LogP contribution in [-0.4, -0.2) is 12.5 Å². The molecule has 0 atom stereocenters. The molecule has 0 spiro atoms. The van der Waals surface area contributed by atoms with Crippen LogP contribution in [0.15, 0.2) is 30.4 Å². The van der Waals surface area contributed by atoms with Crippen LogP contribution < -0.4 is 11.1 Å². The predicted molar refractivity (Wildman–Crippen MR) is 63.0 cm³/mol. The molecule has 3 nitrogen and oxygen atoms in total. The van der Waals surface area contributed by atoms with Gasteiger partial charge in [0, 0.05) is 17.3 Å². The van der Waals surface area contributed by atoms with Gasteiger partial charge in [-0.25, -0.2) is 0 Å². The summed E-state index contributed by atoms with van der Waals surface area (Å²) in [5, 5.41) is 3.21. The van der Waals surface area contributed by atoms with Crippen LogP contribution in [0.3, 0.4) is 0 Å². The van der Waals surface area contributed by atoms with E-state index < -0.39 is 0 Å². The van der Waals surface area contributed by atoms with E-state index in [-0.39, 0.29) is 5.91 Å². The minimum Gasteiger partial charge on any atom is -0.398 e. The number of amides is 1. The van der Waals surface area contributed by atoms with Crippen molar-refractivity contribution in [2.45, 2.75) is 6.92 Å². The lowest BCUT2D eigenvalue weighted by Gasteiger charge is -2.07. The number of nitrogens with one attached hydrogen (secondary N) is 1. The second-order valence-electron chi connectivity index (χ2n) is 3.37. The molecule has 0 aromatic heterocycles. The summed E-state index contributed by atoms with van der Waals surface area (Å²) in [7, 11) is 0. The molecule has 80 valence electrons. The Hall–Kier alpha value is -1.48. The zero-order chi connectivity index (χ0) is 11.4. The van der Waals surface area contributed by atoms with Crippen LogP contribution >= 0.6 is 11.6 Å². The van der Waals surface area contributed by atoms with E-state index in [1.54, 1.807) is 18.2 Å². The molecule has 1 aromatic rings. The molecule has 0 heterocycles. The number of anilines is 1. The standard InChI is InChI=1S/C11H13ClN2O/c1-7(2)6-14-11(15)9-4-3-8(12)5-10(9)13/h3-5H,1,6,13H2,2H3,(H,14,15). The lowest BCUT2D eigenvalue weighted by molar-refractivity contribution is 0.0958. The van der Waals surface area contributed by atoms with Gasteiger partial charge < -0.3 is 11.1 Å². The Morgan fingerprint density at radius 2 is 2.27 bits per heavy atom. The summed E-state index contributed by atoms with van der Waals surface area (Å²) < 4.78 is 0. The van der Waals surface area contributed by atoms with Crippen LogP contribution in [0, 0.1) is 0 Å². The second-order valence-corrected chi connectivity index (χ2v) is 3.81. The number of hydrogen-bond acceptors (Lipinski definition) is 2. The third-order valence-electron chi connectivity index (χ3n) is 1.81. The van der Waals surface area contributed by atoms with E-state index >= 15 is 0 Å². The summed E-state index contributed by atoms with van der Waals surface area (Å²) in [4.78, 5) is 11.6. The summed E-state index contributed by atoms with van der Waals surface area (Å²) in [5.74, 6) is -0.216. The Balaban J connectivity index is 2.78. The number of carbonyl (C=O) groups excluding carboxylic acids is 1.